The van der Waals surface area contributed by atoms with E-state index >= 15 is 0 Å². The van der Waals surface area contributed by atoms with Gasteiger partial charge in [0.05, 0.1) is 6.54 Å². The van der Waals surface area contributed by atoms with Crippen molar-refractivity contribution in [1.82, 2.24) is 4.90 Å². The van der Waals surface area contributed by atoms with Gasteiger partial charge in [0, 0.05) is 18.3 Å². The lowest BCUT2D eigenvalue weighted by molar-refractivity contribution is 0.112. The zero-order valence-corrected chi connectivity index (χ0v) is 12.4. The molecule has 0 heterocycles. The van der Waals surface area contributed by atoms with Crippen molar-refractivity contribution in [3.8, 4) is 5.75 Å². The monoisotopic (exact) mass is 298 g/mol. The number of carbonyl (C=O) groups is 2. The van der Waals surface area contributed by atoms with Crippen molar-refractivity contribution in [3.63, 3.8) is 0 Å². The van der Waals surface area contributed by atoms with Crippen molar-refractivity contribution in [2.24, 2.45) is 0 Å². The molecule has 5 nitrogen and oxygen atoms in total. The molecule has 5 heteroatoms. The molecular formula is C17H18N2O3. The molecule has 0 spiro atoms. The quantitative estimate of drug-likeness (QED) is 0.834. The van der Waals surface area contributed by atoms with E-state index in [1.54, 1.807) is 36.2 Å². The second-order valence-corrected chi connectivity index (χ2v) is 4.75. The predicted molar refractivity (Wildman–Crippen MR) is 85.4 cm³/mol. The van der Waals surface area contributed by atoms with Crippen LogP contribution in [-0.4, -0.2) is 37.4 Å². The third-order valence-corrected chi connectivity index (χ3v) is 3.08. The first-order valence-electron chi connectivity index (χ1n) is 6.94. The molecule has 114 valence electrons. The van der Waals surface area contributed by atoms with Gasteiger partial charge in [-0.1, -0.05) is 18.2 Å². The number of hydrogen-bond donors (Lipinski definition) is 1. The fourth-order valence-corrected chi connectivity index (χ4v) is 1.78. The number of aldehydes is 1. The van der Waals surface area contributed by atoms with E-state index in [-0.39, 0.29) is 6.03 Å². The van der Waals surface area contributed by atoms with Crippen molar-refractivity contribution in [3.05, 3.63) is 60.2 Å². The lowest BCUT2D eigenvalue weighted by Gasteiger charge is -2.18. The third kappa shape index (κ3) is 4.63. The molecule has 0 saturated heterocycles. The van der Waals surface area contributed by atoms with Gasteiger partial charge in [0.25, 0.3) is 0 Å². The molecule has 0 aromatic heterocycles. The minimum atomic E-state index is -0.189. The van der Waals surface area contributed by atoms with E-state index in [1.807, 2.05) is 30.3 Å². The maximum absolute atomic E-state index is 12.0. The molecule has 0 aliphatic rings. The molecule has 0 aliphatic heterocycles. The Morgan fingerprint density at radius 3 is 2.45 bits per heavy atom. The Balaban J connectivity index is 1.75. The molecule has 2 aromatic carbocycles. The van der Waals surface area contributed by atoms with Gasteiger partial charge in [-0.15, -0.1) is 0 Å². The van der Waals surface area contributed by atoms with Crippen molar-refractivity contribution in [1.29, 1.82) is 0 Å². The van der Waals surface area contributed by atoms with Crippen molar-refractivity contribution in [2.75, 3.05) is 25.5 Å². The van der Waals surface area contributed by atoms with E-state index < -0.39 is 0 Å². The Labute approximate surface area is 129 Å². The molecule has 1 N–H and O–H groups in total. The van der Waals surface area contributed by atoms with Crippen LogP contribution in [0.2, 0.25) is 0 Å². The third-order valence-electron chi connectivity index (χ3n) is 3.08. The fraction of sp³-hybridized carbons (Fsp3) is 0.176. The average Bonchev–Trinajstić information content (AvgIpc) is 2.56. The van der Waals surface area contributed by atoms with Crippen LogP contribution in [0, 0.1) is 0 Å². The summed E-state index contributed by atoms with van der Waals surface area (Å²) in [6, 6.07) is 15.9. The molecule has 0 atom stereocenters. The summed E-state index contributed by atoms with van der Waals surface area (Å²) in [5.74, 6) is 0.669. The molecule has 0 radical (unpaired) electrons. The van der Waals surface area contributed by atoms with E-state index in [2.05, 4.69) is 5.32 Å². The fourth-order valence-electron chi connectivity index (χ4n) is 1.78. The highest BCUT2D eigenvalue weighted by atomic mass is 16.5. The van der Waals surface area contributed by atoms with Crippen LogP contribution < -0.4 is 10.1 Å². The summed E-state index contributed by atoms with van der Waals surface area (Å²) in [5.41, 5.74) is 1.36. The van der Waals surface area contributed by atoms with E-state index in [4.69, 9.17) is 4.74 Å². The molecule has 2 aromatic rings. The Hall–Kier alpha value is -2.82. The second-order valence-electron chi connectivity index (χ2n) is 4.75. The van der Waals surface area contributed by atoms with Crippen molar-refractivity contribution >= 4 is 18.0 Å². The van der Waals surface area contributed by atoms with Gasteiger partial charge in [0.1, 0.15) is 18.6 Å². The Morgan fingerprint density at radius 1 is 1.14 bits per heavy atom. The summed E-state index contributed by atoms with van der Waals surface area (Å²) < 4.78 is 5.54. The van der Waals surface area contributed by atoms with Crippen LogP contribution in [0.15, 0.2) is 54.6 Å². The van der Waals surface area contributed by atoms with Crippen LogP contribution in [0.4, 0.5) is 10.5 Å². The number of nitrogens with zero attached hydrogens (tertiary/aromatic N) is 1. The number of amides is 2. The van der Waals surface area contributed by atoms with Crippen LogP contribution in [0.3, 0.4) is 0 Å². The van der Waals surface area contributed by atoms with Crippen LogP contribution in [0.5, 0.6) is 5.75 Å². The Morgan fingerprint density at radius 2 is 1.82 bits per heavy atom. The molecule has 22 heavy (non-hydrogen) atoms. The highest BCUT2D eigenvalue weighted by molar-refractivity contribution is 5.89. The van der Waals surface area contributed by atoms with Crippen LogP contribution in [0.1, 0.15) is 10.4 Å². The summed E-state index contributed by atoms with van der Waals surface area (Å²) in [7, 11) is 1.71. The van der Waals surface area contributed by atoms with Gasteiger partial charge in [-0.3, -0.25) is 4.79 Å². The maximum Gasteiger partial charge on any atom is 0.321 e. The van der Waals surface area contributed by atoms with Gasteiger partial charge >= 0.3 is 6.03 Å². The standard InChI is InChI=1S/C17H18N2O3/c1-19(17(21)18-15-5-3-2-4-6-15)11-12-22-16-9-7-14(13-20)8-10-16/h2-10,13H,11-12H2,1H3,(H,18,21). The minimum absolute atomic E-state index is 0.189. The molecular weight excluding hydrogens is 280 g/mol. The topological polar surface area (TPSA) is 58.6 Å². The number of para-hydroxylation sites is 1. The van der Waals surface area contributed by atoms with E-state index in [1.165, 1.54) is 0 Å². The van der Waals surface area contributed by atoms with Gasteiger partial charge in [-0.25, -0.2) is 4.79 Å². The van der Waals surface area contributed by atoms with Gasteiger partial charge in [-0.2, -0.15) is 0 Å². The first-order valence-corrected chi connectivity index (χ1v) is 6.94. The zero-order chi connectivity index (χ0) is 15.8. The Bertz CT molecular complexity index is 612. The SMILES string of the molecule is CN(CCOc1ccc(C=O)cc1)C(=O)Nc1ccccc1. The number of nitrogens with one attached hydrogen (secondary N) is 1. The molecule has 0 fully saturated rings. The lowest BCUT2D eigenvalue weighted by atomic mass is 10.2. The number of ether oxygens (including phenoxy) is 1. The normalized spacial score (nSPS) is 9.86. The number of carbonyl (C=O) groups excluding carboxylic acids is 2. The van der Waals surface area contributed by atoms with Gasteiger partial charge in [0.15, 0.2) is 0 Å². The summed E-state index contributed by atoms with van der Waals surface area (Å²) in [4.78, 5) is 24.1. The maximum atomic E-state index is 12.0. The van der Waals surface area contributed by atoms with Crippen molar-refractivity contribution < 1.29 is 14.3 Å². The number of likely N-dealkylation sites (N-methyl/N-ethyl adjacent to an activating group) is 1. The number of hydrogen-bond acceptors (Lipinski definition) is 3. The predicted octanol–water partition coefficient (Wildman–Crippen LogP) is 3.04. The largest absolute Gasteiger partial charge is 0.492 e. The van der Waals surface area contributed by atoms with Crippen LogP contribution in [-0.2, 0) is 0 Å². The number of urea groups is 1. The highest BCUT2D eigenvalue weighted by Crippen LogP contribution is 2.11. The van der Waals surface area contributed by atoms with Gasteiger partial charge in [-0.05, 0) is 36.4 Å². The van der Waals surface area contributed by atoms with Gasteiger partial charge < -0.3 is 15.0 Å². The Kier molecular flexibility index (Phi) is 5.54. The van der Waals surface area contributed by atoms with Crippen molar-refractivity contribution in [2.45, 2.75) is 0 Å². The molecule has 0 unspecified atom stereocenters. The number of benzene rings is 2. The van der Waals surface area contributed by atoms with Gasteiger partial charge in [0.2, 0.25) is 0 Å². The minimum Gasteiger partial charge on any atom is -0.492 e. The first kappa shape index (κ1) is 15.6. The average molecular weight is 298 g/mol. The molecule has 0 bridgehead atoms. The zero-order valence-electron chi connectivity index (χ0n) is 12.4. The first-order chi connectivity index (χ1) is 10.7. The second kappa shape index (κ2) is 7.83. The lowest BCUT2D eigenvalue weighted by Crippen LogP contribution is -2.34. The molecule has 0 saturated carbocycles. The smallest absolute Gasteiger partial charge is 0.321 e. The summed E-state index contributed by atoms with van der Waals surface area (Å²) in [5, 5.41) is 2.80. The number of anilines is 1. The molecule has 2 amide bonds. The summed E-state index contributed by atoms with van der Waals surface area (Å²) >= 11 is 0. The summed E-state index contributed by atoms with van der Waals surface area (Å²) in [6.45, 7) is 0.827. The van der Waals surface area contributed by atoms with E-state index in [0.29, 0.717) is 24.5 Å². The number of rotatable bonds is 6. The van der Waals surface area contributed by atoms with Crippen LogP contribution >= 0.6 is 0 Å². The summed E-state index contributed by atoms with van der Waals surface area (Å²) in [6.07, 6.45) is 0.783. The van der Waals surface area contributed by atoms with E-state index in [0.717, 1.165) is 12.0 Å². The molecule has 2 rings (SSSR count). The highest BCUT2D eigenvalue weighted by Gasteiger charge is 2.08. The van der Waals surface area contributed by atoms with E-state index in [9.17, 15) is 9.59 Å². The molecule has 0 aliphatic carbocycles. The van der Waals surface area contributed by atoms with Crippen LogP contribution in [0.25, 0.3) is 0 Å².